The van der Waals surface area contributed by atoms with Crippen LogP contribution >= 0.6 is 0 Å². The number of carbonyl (C=O) groups is 2. The van der Waals surface area contributed by atoms with Crippen molar-refractivity contribution in [3.63, 3.8) is 0 Å². The largest absolute Gasteiger partial charge is 0.481 e. The summed E-state index contributed by atoms with van der Waals surface area (Å²) < 4.78 is 5.37. The van der Waals surface area contributed by atoms with E-state index in [0.29, 0.717) is 25.7 Å². The van der Waals surface area contributed by atoms with Crippen LogP contribution in [-0.2, 0) is 14.3 Å². The number of hydrogen-bond donors (Lipinski definition) is 3. The Morgan fingerprint density at radius 3 is 2.47 bits per heavy atom. The number of carboxylic acid groups (broad SMARTS) is 1. The summed E-state index contributed by atoms with van der Waals surface area (Å²) in [6.45, 7) is 6.07. The predicted octanol–water partition coefficient (Wildman–Crippen LogP) is 4.48. The summed E-state index contributed by atoms with van der Waals surface area (Å²) in [6, 6.07) is 0. The molecule has 3 unspecified atom stereocenters. The molecule has 6 nitrogen and oxygen atoms in total. The van der Waals surface area contributed by atoms with Gasteiger partial charge < -0.3 is 20.1 Å². The molecule has 0 amide bonds. The van der Waals surface area contributed by atoms with E-state index < -0.39 is 23.6 Å². The summed E-state index contributed by atoms with van der Waals surface area (Å²) in [5.41, 5.74) is -0.980. The minimum absolute atomic E-state index is 0.0866. The molecule has 0 spiro atoms. The number of aliphatic hydroxyl groups is 2. The summed E-state index contributed by atoms with van der Waals surface area (Å²) >= 11 is 0. The molecule has 0 aromatic heterocycles. The van der Waals surface area contributed by atoms with E-state index in [1.54, 1.807) is 13.0 Å². The molecular weight excluding hydrogens is 384 g/mol. The standard InChI is InChI=1S/C24H42O6/c1-4-6-7-11-20(25)14-12-19-13-15-21(26)24(19,23(29)30-5-2)16-9-8-10-18(3)17-22(27)28/h12,14,18-21,25-26H,4-11,13,15-17H2,1-3H3,(H,27,28)/t18?,19?,20?,21-,24-/m1/s1. The molecule has 1 saturated carbocycles. The first-order valence-corrected chi connectivity index (χ1v) is 11.7. The summed E-state index contributed by atoms with van der Waals surface area (Å²) in [4.78, 5) is 23.8. The van der Waals surface area contributed by atoms with Crippen LogP contribution in [0.15, 0.2) is 12.2 Å². The van der Waals surface area contributed by atoms with Gasteiger partial charge in [-0.25, -0.2) is 0 Å². The van der Waals surface area contributed by atoms with E-state index in [9.17, 15) is 19.8 Å². The van der Waals surface area contributed by atoms with Gasteiger partial charge in [-0.15, -0.1) is 0 Å². The summed E-state index contributed by atoms with van der Waals surface area (Å²) in [7, 11) is 0. The molecule has 3 N–H and O–H groups in total. The quantitative estimate of drug-likeness (QED) is 0.203. The van der Waals surface area contributed by atoms with Crippen LogP contribution in [0.1, 0.15) is 91.4 Å². The Morgan fingerprint density at radius 1 is 1.13 bits per heavy atom. The molecule has 1 aliphatic rings. The predicted molar refractivity (Wildman–Crippen MR) is 117 cm³/mol. The van der Waals surface area contributed by atoms with Gasteiger partial charge in [0.15, 0.2) is 0 Å². The van der Waals surface area contributed by atoms with Crippen molar-refractivity contribution in [3.8, 4) is 0 Å². The van der Waals surface area contributed by atoms with Crippen LogP contribution in [0.25, 0.3) is 0 Å². The fraction of sp³-hybridized carbons (Fsp3) is 0.833. The van der Waals surface area contributed by atoms with Crippen LogP contribution in [0, 0.1) is 17.3 Å². The minimum atomic E-state index is -0.980. The third-order valence-corrected chi connectivity index (χ3v) is 6.39. The lowest BCUT2D eigenvalue weighted by atomic mass is 9.72. The van der Waals surface area contributed by atoms with Crippen LogP contribution in [0.5, 0.6) is 0 Å². The molecule has 1 rings (SSSR count). The van der Waals surface area contributed by atoms with Crippen molar-refractivity contribution in [2.45, 2.75) is 104 Å². The summed E-state index contributed by atoms with van der Waals surface area (Å²) in [5.74, 6) is -1.23. The number of aliphatic hydroxyl groups excluding tert-OH is 2. The fourth-order valence-electron chi connectivity index (χ4n) is 4.65. The molecule has 0 bridgehead atoms. The highest BCUT2D eigenvalue weighted by atomic mass is 16.5. The van der Waals surface area contributed by atoms with Crippen LogP contribution in [0.4, 0.5) is 0 Å². The zero-order valence-corrected chi connectivity index (χ0v) is 19.0. The highest BCUT2D eigenvalue weighted by molar-refractivity contribution is 5.79. The second kappa shape index (κ2) is 13.8. The minimum Gasteiger partial charge on any atom is -0.481 e. The molecule has 0 radical (unpaired) electrons. The normalized spacial score (nSPS) is 26.0. The molecule has 1 aliphatic carbocycles. The second-order valence-corrected chi connectivity index (χ2v) is 8.86. The lowest BCUT2D eigenvalue weighted by molar-refractivity contribution is -0.164. The second-order valence-electron chi connectivity index (χ2n) is 8.86. The van der Waals surface area contributed by atoms with Gasteiger partial charge in [-0.2, -0.15) is 0 Å². The van der Waals surface area contributed by atoms with Gasteiger partial charge >= 0.3 is 11.9 Å². The van der Waals surface area contributed by atoms with Crippen LogP contribution < -0.4 is 0 Å². The third kappa shape index (κ3) is 8.03. The number of rotatable bonds is 15. The van der Waals surface area contributed by atoms with E-state index in [1.807, 2.05) is 13.0 Å². The Labute approximate surface area is 181 Å². The SMILES string of the molecule is CCCCCC(O)C=CC1CC[C@@H](O)[C@]1(CCCCC(C)CC(=O)O)C(=O)OCC. The Kier molecular flexibility index (Phi) is 12.3. The maximum atomic E-state index is 13.0. The molecule has 5 atom stereocenters. The highest BCUT2D eigenvalue weighted by Crippen LogP contribution is 2.49. The first-order valence-electron chi connectivity index (χ1n) is 11.7. The van der Waals surface area contributed by atoms with Gasteiger partial charge in [0.05, 0.1) is 24.2 Å². The van der Waals surface area contributed by atoms with Crippen LogP contribution in [-0.4, -0.2) is 46.1 Å². The molecule has 0 heterocycles. The lowest BCUT2D eigenvalue weighted by Gasteiger charge is -2.35. The number of carboxylic acids is 1. The number of hydrogen-bond acceptors (Lipinski definition) is 5. The van der Waals surface area contributed by atoms with Gasteiger partial charge in [0.1, 0.15) is 0 Å². The number of allylic oxidation sites excluding steroid dienone is 1. The molecule has 174 valence electrons. The lowest BCUT2D eigenvalue weighted by Crippen LogP contribution is -2.44. The van der Waals surface area contributed by atoms with Gasteiger partial charge in [0, 0.05) is 6.42 Å². The van der Waals surface area contributed by atoms with Crippen molar-refractivity contribution < 1.29 is 29.6 Å². The number of aliphatic carboxylic acids is 1. The van der Waals surface area contributed by atoms with Crippen molar-refractivity contribution in [3.05, 3.63) is 12.2 Å². The number of unbranched alkanes of at least 4 members (excludes halogenated alkanes) is 3. The first-order chi connectivity index (χ1) is 14.3. The van der Waals surface area contributed by atoms with Gasteiger partial charge in [0.25, 0.3) is 0 Å². The number of esters is 1. The van der Waals surface area contributed by atoms with Gasteiger partial charge in [-0.1, -0.05) is 64.5 Å². The van der Waals surface area contributed by atoms with E-state index >= 15 is 0 Å². The molecule has 0 aliphatic heterocycles. The van der Waals surface area contributed by atoms with Gasteiger partial charge in [-0.05, 0) is 44.4 Å². The highest BCUT2D eigenvalue weighted by Gasteiger charge is 2.54. The van der Waals surface area contributed by atoms with Crippen molar-refractivity contribution in [2.75, 3.05) is 6.61 Å². The Hall–Kier alpha value is -1.40. The summed E-state index contributed by atoms with van der Waals surface area (Å²) in [6.07, 6.45) is 10.4. The maximum absolute atomic E-state index is 13.0. The van der Waals surface area contributed by atoms with E-state index in [-0.39, 0.29) is 30.8 Å². The van der Waals surface area contributed by atoms with Gasteiger partial charge in [0.2, 0.25) is 0 Å². The maximum Gasteiger partial charge on any atom is 0.315 e. The van der Waals surface area contributed by atoms with E-state index in [2.05, 4.69) is 6.92 Å². The van der Waals surface area contributed by atoms with Crippen LogP contribution in [0.3, 0.4) is 0 Å². The average Bonchev–Trinajstić information content (AvgIpc) is 3.00. The third-order valence-electron chi connectivity index (χ3n) is 6.39. The molecule has 1 fully saturated rings. The number of ether oxygens (including phenoxy) is 1. The molecule has 0 aromatic rings. The van der Waals surface area contributed by atoms with E-state index in [4.69, 9.17) is 9.84 Å². The van der Waals surface area contributed by atoms with Crippen molar-refractivity contribution in [1.82, 2.24) is 0 Å². The molecule has 0 aromatic carbocycles. The number of carbonyl (C=O) groups excluding carboxylic acids is 1. The van der Waals surface area contributed by atoms with Gasteiger partial charge in [-0.3, -0.25) is 9.59 Å². The van der Waals surface area contributed by atoms with Crippen molar-refractivity contribution >= 4 is 11.9 Å². The molecule has 6 heteroatoms. The Balaban J connectivity index is 2.82. The average molecular weight is 427 g/mol. The van der Waals surface area contributed by atoms with Crippen LogP contribution in [0.2, 0.25) is 0 Å². The first kappa shape index (κ1) is 26.6. The monoisotopic (exact) mass is 426 g/mol. The molecule has 30 heavy (non-hydrogen) atoms. The Morgan fingerprint density at radius 2 is 1.83 bits per heavy atom. The van der Waals surface area contributed by atoms with E-state index in [0.717, 1.165) is 38.5 Å². The Bertz CT molecular complexity index is 546. The van der Waals surface area contributed by atoms with Crippen molar-refractivity contribution in [2.24, 2.45) is 17.3 Å². The molecular formula is C24H42O6. The summed E-state index contributed by atoms with van der Waals surface area (Å²) in [5, 5.41) is 30.0. The topological polar surface area (TPSA) is 104 Å². The zero-order valence-electron chi connectivity index (χ0n) is 19.0. The molecule has 0 saturated heterocycles. The van der Waals surface area contributed by atoms with E-state index in [1.165, 1.54) is 0 Å². The van der Waals surface area contributed by atoms with Crippen molar-refractivity contribution in [1.29, 1.82) is 0 Å². The fourth-order valence-corrected chi connectivity index (χ4v) is 4.65. The zero-order chi connectivity index (χ0) is 22.6. The smallest absolute Gasteiger partial charge is 0.315 e.